The zero-order chi connectivity index (χ0) is 70.2. The molecule has 20 aromatic heterocycles. The maximum Gasteiger partial charge on any atom is 0.468 e. The van der Waals surface area contributed by atoms with Gasteiger partial charge in [-0.3, -0.25) is 49.8 Å². The summed E-state index contributed by atoms with van der Waals surface area (Å²) in [6.45, 7) is 1.91. The second kappa shape index (κ2) is 21.8. The Morgan fingerprint density at radius 3 is 1.44 bits per heavy atom. The highest BCUT2D eigenvalue weighted by atomic mass is 32.1. The quantitative estimate of drug-likeness (QED) is 0.142. The number of fused-ring (bicyclic) bond motifs is 35. The first kappa shape index (κ1) is 54.1. The molecule has 0 spiro atoms. The van der Waals surface area contributed by atoms with E-state index in [0.717, 1.165) is 99.2 Å². The van der Waals surface area contributed by atoms with E-state index in [4.69, 9.17) is 8.53 Å². The molecule has 103 heavy (non-hydrogen) atoms. The summed E-state index contributed by atoms with van der Waals surface area (Å²) in [6.07, 6.45) is 47.7. The molecule has 5 aliphatic rings. The molecule has 21 aromatic rings. The van der Waals surface area contributed by atoms with Crippen molar-refractivity contribution in [2.24, 2.45) is 14.0 Å². The number of imidazole rings is 8. The molecule has 5 aliphatic heterocycles. The molecular weight excluding hydrogens is 1310 g/mol. The predicted octanol–water partition coefficient (Wildman–Crippen LogP) is 10.1. The fourth-order valence-corrected chi connectivity index (χ4v) is 17.1. The van der Waals surface area contributed by atoms with Crippen LogP contribution in [-0.4, -0.2) is 86.0 Å². The van der Waals surface area contributed by atoms with E-state index in [1.54, 1.807) is 30.9 Å². The molecule has 25 heterocycles. The lowest BCUT2D eigenvalue weighted by Crippen LogP contribution is -2.29. The van der Waals surface area contributed by atoms with E-state index in [2.05, 4.69) is 189 Å². The van der Waals surface area contributed by atoms with Gasteiger partial charge >= 0.3 is 28.1 Å². The first-order valence-corrected chi connectivity index (χ1v) is 34.4. The van der Waals surface area contributed by atoms with Crippen LogP contribution in [0.4, 0.5) is 0 Å². The Balaban J connectivity index is 0.0000000830. The number of thiazole rings is 1. The van der Waals surface area contributed by atoms with Crippen LogP contribution in [0.2, 0.25) is 0 Å². The molecule has 0 atom stereocenters. The van der Waals surface area contributed by atoms with Crippen LogP contribution in [0.15, 0.2) is 250 Å². The van der Waals surface area contributed by atoms with Gasteiger partial charge in [0.2, 0.25) is 0 Å². The lowest BCUT2D eigenvalue weighted by molar-refractivity contribution is -0.621. The molecule has 25 heteroatoms. The Morgan fingerprint density at radius 1 is 0.379 bits per heavy atom. The summed E-state index contributed by atoms with van der Waals surface area (Å²) in [6, 6.07) is 30.7. The van der Waals surface area contributed by atoms with Crippen LogP contribution < -0.4 is 22.3 Å². The third-order valence-electron chi connectivity index (χ3n) is 20.6. The van der Waals surface area contributed by atoms with E-state index < -0.39 is 6.98 Å². The van der Waals surface area contributed by atoms with Crippen molar-refractivity contribution in [2.45, 2.75) is 32.7 Å². The Hall–Kier alpha value is -13.8. The van der Waals surface area contributed by atoms with Gasteiger partial charge in [-0.2, -0.15) is 31.1 Å². The average Bonchev–Trinajstić information content (AvgIpc) is 1.57. The van der Waals surface area contributed by atoms with E-state index in [1.165, 1.54) is 92.6 Å². The molecule has 24 nitrogen and oxygen atoms in total. The zero-order valence-corrected chi connectivity index (χ0v) is 55.5. The topological polar surface area (TPSA) is 201 Å². The van der Waals surface area contributed by atoms with Crippen molar-refractivity contribution in [1.82, 2.24) is 86.0 Å². The number of benzene rings is 1. The van der Waals surface area contributed by atoms with Gasteiger partial charge in [-0.25, -0.2) is 27.4 Å². The smallest absolute Gasteiger partial charge is 0.387 e. The van der Waals surface area contributed by atoms with Gasteiger partial charge in [-0.15, -0.1) is 0 Å². The fourth-order valence-electron chi connectivity index (χ4n) is 16.0. The molecule has 26 rings (SSSR count). The minimum Gasteiger partial charge on any atom is -0.387 e. The van der Waals surface area contributed by atoms with Crippen LogP contribution in [-0.2, 0) is 46.7 Å². The van der Waals surface area contributed by atoms with Gasteiger partial charge in [0.05, 0.1) is 84.6 Å². The molecule has 0 bridgehead atoms. The number of para-hydroxylation sites is 1. The summed E-state index contributed by atoms with van der Waals surface area (Å²) in [5.74, 6) is 3.80. The summed E-state index contributed by atoms with van der Waals surface area (Å²) in [5.41, 5.74) is 28.3. The maximum atomic E-state index is 7.95. The third kappa shape index (κ3) is 8.35. The molecule has 0 unspecified atom stereocenters. The van der Waals surface area contributed by atoms with Gasteiger partial charge < -0.3 is 4.42 Å². The summed E-state index contributed by atoms with van der Waals surface area (Å²) in [7, 11) is 2.10. The number of pyridine rings is 10. The molecule has 0 fully saturated rings. The van der Waals surface area contributed by atoms with E-state index in [-0.39, 0.29) is 0 Å². The van der Waals surface area contributed by atoms with Gasteiger partial charge in [-0.1, -0.05) is 18.2 Å². The lowest BCUT2D eigenvalue weighted by Gasteiger charge is -2.01. The van der Waals surface area contributed by atoms with Crippen molar-refractivity contribution < 1.29 is 30.9 Å². The Morgan fingerprint density at radius 2 is 0.825 bits per heavy atom. The predicted molar refractivity (Wildman–Crippen MR) is 384 cm³/mol. The Labute approximate surface area is 590 Å². The molecule has 0 amide bonds. The number of hydrogen-bond donors (Lipinski definition) is 0. The molecule has 490 valence electrons. The van der Waals surface area contributed by atoms with Gasteiger partial charge in [0.15, 0.2) is 44.6 Å². The number of aromatic nitrogens is 23. The molecule has 0 saturated heterocycles. The summed E-state index contributed by atoms with van der Waals surface area (Å²) in [5, 5.41) is 0. The highest BCUT2D eigenvalue weighted by molar-refractivity contribution is 7.23. The van der Waals surface area contributed by atoms with Crippen molar-refractivity contribution in [2.75, 3.05) is 0 Å². The van der Waals surface area contributed by atoms with E-state index in [0.29, 0.717) is 17.8 Å². The molecule has 0 radical (unpaired) electrons. The highest BCUT2D eigenvalue weighted by Crippen LogP contribution is 2.39. The number of oxazole rings is 1. The van der Waals surface area contributed by atoms with Crippen LogP contribution in [0.25, 0.3) is 145 Å². The standard InChI is InChI=1S/C20H14N5.2C15H12N5.C14H9N4O.C14H9N4S/c1-2-4-15(5-3-1)25-17-7-9-22-11-18(17)24-13-19-16-10-21-8-6-14(16)12-23(19)20(24)25;2*1-18-12-3-5-17-7-13(12)20-9-14-11-6-16-4-2-10(11)8-19(14)15(18)20;2*1-3-15-5-10-9(1)7-17-12(10)8-18-11-6-16-4-2-13(11)19-14(17)18/h1-11,13H,12H2;2*2-7,9H,8H2,1H3;2*1-6,8H,7H2/q5*+1/i;1D3;;;. The van der Waals surface area contributed by atoms with Crippen molar-refractivity contribution in [3.05, 3.63) is 274 Å². The Bertz CT molecular complexity index is 7090. The summed E-state index contributed by atoms with van der Waals surface area (Å²) in [4.78, 5) is 43.6. The maximum absolute atomic E-state index is 7.95. The first-order valence-electron chi connectivity index (χ1n) is 35.0. The minimum absolute atomic E-state index is 0.638. The van der Waals surface area contributed by atoms with Crippen molar-refractivity contribution in [3.63, 3.8) is 0 Å². The first-order chi connectivity index (χ1) is 52.1. The van der Waals surface area contributed by atoms with Gasteiger partial charge in [0, 0.05) is 144 Å². The van der Waals surface area contributed by atoms with E-state index in [1.807, 2.05) is 148 Å². The third-order valence-corrected chi connectivity index (χ3v) is 21.8. The summed E-state index contributed by atoms with van der Waals surface area (Å²) >= 11 is 1.81. The largest absolute Gasteiger partial charge is 0.468 e. The lowest BCUT2D eigenvalue weighted by atomic mass is 10.1. The minimum atomic E-state index is -2.27. The molecular formula is C78H56N23OS+5. The normalized spacial score (nSPS) is 13.5. The van der Waals surface area contributed by atoms with Crippen molar-refractivity contribution in [3.8, 4) is 62.0 Å². The highest BCUT2D eigenvalue weighted by Gasteiger charge is 2.37. The van der Waals surface area contributed by atoms with Gasteiger partial charge in [-0.05, 0) is 78.1 Å². The molecule has 0 N–H and O–H groups in total. The van der Waals surface area contributed by atoms with Gasteiger partial charge in [0.25, 0.3) is 0 Å². The van der Waals surface area contributed by atoms with Gasteiger partial charge in [0.1, 0.15) is 83.4 Å². The van der Waals surface area contributed by atoms with Crippen LogP contribution in [0, 0.1) is 0 Å². The van der Waals surface area contributed by atoms with Crippen molar-refractivity contribution >= 4 is 93.9 Å². The monoisotopic (exact) mass is 1370 g/mol. The van der Waals surface area contributed by atoms with Crippen LogP contribution >= 0.6 is 11.3 Å². The fraction of sp³-hybridized carbons (Fsp3) is 0.0897. The molecule has 1 aromatic carbocycles. The average molecular weight is 1370 g/mol. The van der Waals surface area contributed by atoms with Crippen molar-refractivity contribution in [1.29, 1.82) is 0 Å². The molecule has 0 saturated carbocycles. The second-order valence-electron chi connectivity index (χ2n) is 26.0. The van der Waals surface area contributed by atoms with E-state index in [9.17, 15) is 0 Å². The molecule has 0 aliphatic carbocycles. The zero-order valence-electron chi connectivity index (χ0n) is 57.7. The van der Waals surface area contributed by atoms with E-state index >= 15 is 0 Å². The van der Waals surface area contributed by atoms with Crippen LogP contribution in [0.3, 0.4) is 0 Å². The SMILES string of the molecule is C[n+]1c2ccncc2n2cc3n(c21)Cc1ccncc1-3.[2H]C([2H])([2H])[n+]1c2ccncc2n2cc3n(c21)Cc1ccncc1-3.c1cc2c(cn1)-c1c[n+]3c4cnccc4oc3n1C2.c1cc2c(cn1)-c1c[n+]3c4cnccc4sc3n1C2.c1ccc(-n2c3ccncc3[n+]3cc4n(c23)Cc2ccncc2-4)cc1. The summed E-state index contributed by atoms with van der Waals surface area (Å²) < 4.78 is 58.9. The number of hydrogen-bond acceptors (Lipinski definition) is 12. The number of aryl methyl sites for hydroxylation is 2. The Kier molecular flexibility index (Phi) is 11.5. The number of rotatable bonds is 1. The number of nitrogens with zero attached hydrogens (tertiary/aromatic N) is 23. The van der Waals surface area contributed by atoms with Crippen LogP contribution in [0.1, 0.15) is 31.9 Å². The second-order valence-corrected chi connectivity index (χ2v) is 27.0. The van der Waals surface area contributed by atoms with Crippen LogP contribution in [0.5, 0.6) is 0 Å².